The predicted molar refractivity (Wildman–Crippen MR) is 101 cm³/mol. The van der Waals surface area contributed by atoms with Gasteiger partial charge >= 0.3 is 0 Å². The van der Waals surface area contributed by atoms with E-state index in [-0.39, 0.29) is 11.6 Å². The van der Waals surface area contributed by atoms with Gasteiger partial charge in [0.15, 0.2) is 0 Å². The molecule has 0 aliphatic carbocycles. The van der Waals surface area contributed by atoms with Gasteiger partial charge in [0.2, 0.25) is 0 Å². The molecule has 2 aromatic heterocycles. The minimum Gasteiger partial charge on any atom is -0.465 e. The lowest BCUT2D eigenvalue weighted by Gasteiger charge is -2.10. The van der Waals surface area contributed by atoms with E-state index in [1.165, 1.54) is 23.7 Å². The largest absolute Gasteiger partial charge is 0.465 e. The molecule has 0 fully saturated rings. The molecule has 0 saturated carbocycles. The molecule has 2 heterocycles. The third-order valence-corrected chi connectivity index (χ3v) is 4.51. The van der Waals surface area contributed by atoms with Crippen molar-refractivity contribution in [1.29, 1.82) is 0 Å². The van der Waals surface area contributed by atoms with Crippen molar-refractivity contribution < 1.29 is 14.0 Å². The summed E-state index contributed by atoms with van der Waals surface area (Å²) in [5, 5.41) is 7.19. The van der Waals surface area contributed by atoms with Crippen LogP contribution in [-0.2, 0) is 4.79 Å². The van der Waals surface area contributed by atoms with Crippen LogP contribution in [0.5, 0.6) is 0 Å². The Balaban J connectivity index is 1.83. The van der Waals surface area contributed by atoms with Crippen LogP contribution in [0.2, 0.25) is 0 Å². The van der Waals surface area contributed by atoms with Crippen LogP contribution in [0.1, 0.15) is 15.4 Å². The number of furan rings is 1. The molecule has 7 heteroatoms. The van der Waals surface area contributed by atoms with Gasteiger partial charge in [0.1, 0.15) is 11.5 Å². The van der Waals surface area contributed by atoms with Gasteiger partial charge in [-0.05, 0) is 41.8 Å². The third-order valence-electron chi connectivity index (χ3n) is 3.15. The first-order chi connectivity index (χ1) is 12.1. The molecule has 2 amide bonds. The fourth-order valence-electron chi connectivity index (χ4n) is 2.03. The highest BCUT2D eigenvalue weighted by molar-refractivity contribution is 9.10. The maximum absolute atomic E-state index is 12.6. The number of halogens is 1. The van der Waals surface area contributed by atoms with Crippen molar-refractivity contribution in [2.24, 2.45) is 0 Å². The smallest absolute Gasteiger partial charge is 0.272 e. The maximum atomic E-state index is 12.6. The molecule has 0 aliphatic heterocycles. The van der Waals surface area contributed by atoms with E-state index in [0.717, 1.165) is 4.47 Å². The van der Waals surface area contributed by atoms with E-state index in [2.05, 4.69) is 26.6 Å². The van der Waals surface area contributed by atoms with Crippen molar-refractivity contribution in [1.82, 2.24) is 5.32 Å². The molecule has 3 aromatic rings. The summed E-state index contributed by atoms with van der Waals surface area (Å²) in [5.41, 5.74) is 0.698. The summed E-state index contributed by atoms with van der Waals surface area (Å²) in [4.78, 5) is 25.4. The summed E-state index contributed by atoms with van der Waals surface area (Å²) >= 11 is 4.65. The summed E-state index contributed by atoms with van der Waals surface area (Å²) < 4.78 is 6.08. The topological polar surface area (TPSA) is 71.3 Å². The average molecular weight is 417 g/mol. The number of carbonyl (C=O) groups is 2. The first-order valence-corrected chi connectivity index (χ1v) is 8.96. The van der Waals surface area contributed by atoms with E-state index in [1.807, 2.05) is 6.07 Å². The lowest BCUT2D eigenvalue weighted by molar-refractivity contribution is -0.113. The third kappa shape index (κ3) is 4.68. The molecule has 0 saturated heterocycles. The Morgan fingerprint density at radius 2 is 2.00 bits per heavy atom. The minimum absolute atomic E-state index is 0.0910. The number of amides is 2. The van der Waals surface area contributed by atoms with E-state index in [9.17, 15) is 9.59 Å². The first-order valence-electron chi connectivity index (χ1n) is 7.29. The average Bonchev–Trinajstić information content (AvgIpc) is 3.28. The zero-order valence-electron chi connectivity index (χ0n) is 12.9. The lowest BCUT2D eigenvalue weighted by Crippen LogP contribution is -2.30. The predicted octanol–water partition coefficient (Wildman–Crippen LogP) is 4.51. The Hall–Kier alpha value is -2.64. The summed E-state index contributed by atoms with van der Waals surface area (Å²) in [6.07, 6.45) is 2.98. The molecule has 0 radical (unpaired) electrons. The van der Waals surface area contributed by atoms with Crippen LogP contribution in [-0.4, -0.2) is 11.8 Å². The molecular weight excluding hydrogens is 404 g/mol. The van der Waals surface area contributed by atoms with Crippen molar-refractivity contribution in [3.63, 3.8) is 0 Å². The van der Waals surface area contributed by atoms with Crippen LogP contribution < -0.4 is 10.6 Å². The number of anilines is 1. The van der Waals surface area contributed by atoms with Gasteiger partial charge in [0.05, 0.1) is 11.1 Å². The molecule has 0 spiro atoms. The standard InChI is InChI=1S/C18H13BrN2O3S/c19-12-4-1-5-13(10-12)20-17(22)15(11-14-6-2-8-24-14)21-18(23)16-7-3-9-25-16/h1-11H,(H,20,22)(H,21,23)/b15-11+. The molecular formula is C18H13BrN2O3S. The second-order valence-corrected chi connectivity index (χ2v) is 6.83. The number of rotatable bonds is 5. The summed E-state index contributed by atoms with van der Waals surface area (Å²) in [6.45, 7) is 0. The van der Waals surface area contributed by atoms with Crippen LogP contribution in [0.4, 0.5) is 5.69 Å². The van der Waals surface area contributed by atoms with Crippen LogP contribution >= 0.6 is 27.3 Å². The second kappa shape index (κ2) is 7.96. The Kier molecular flexibility index (Phi) is 5.47. The Morgan fingerprint density at radius 1 is 1.12 bits per heavy atom. The Morgan fingerprint density at radius 3 is 2.68 bits per heavy atom. The SMILES string of the molecule is O=C(Nc1cccc(Br)c1)/C(=C\c1ccco1)NC(=O)c1cccs1. The van der Waals surface area contributed by atoms with Gasteiger partial charge in [-0.25, -0.2) is 0 Å². The molecule has 5 nitrogen and oxygen atoms in total. The number of benzene rings is 1. The van der Waals surface area contributed by atoms with Gasteiger partial charge in [-0.1, -0.05) is 28.1 Å². The van der Waals surface area contributed by atoms with Crippen molar-refractivity contribution >= 4 is 50.8 Å². The van der Waals surface area contributed by atoms with E-state index in [4.69, 9.17) is 4.42 Å². The molecule has 0 aliphatic rings. The molecule has 126 valence electrons. The highest BCUT2D eigenvalue weighted by Crippen LogP contribution is 2.17. The van der Waals surface area contributed by atoms with Crippen LogP contribution in [0, 0.1) is 0 Å². The van der Waals surface area contributed by atoms with E-state index >= 15 is 0 Å². The monoisotopic (exact) mass is 416 g/mol. The number of nitrogens with one attached hydrogen (secondary N) is 2. The van der Waals surface area contributed by atoms with Gasteiger partial charge in [-0.15, -0.1) is 11.3 Å². The number of carbonyl (C=O) groups excluding carboxylic acids is 2. The molecule has 0 atom stereocenters. The van der Waals surface area contributed by atoms with Gasteiger partial charge < -0.3 is 15.1 Å². The van der Waals surface area contributed by atoms with Crippen LogP contribution in [0.25, 0.3) is 6.08 Å². The number of hydrogen-bond donors (Lipinski definition) is 2. The fourth-order valence-corrected chi connectivity index (χ4v) is 3.05. The van der Waals surface area contributed by atoms with Crippen molar-refractivity contribution in [2.45, 2.75) is 0 Å². The van der Waals surface area contributed by atoms with Crippen LogP contribution in [0.3, 0.4) is 0 Å². The van der Waals surface area contributed by atoms with Crippen molar-refractivity contribution in [3.8, 4) is 0 Å². The highest BCUT2D eigenvalue weighted by atomic mass is 79.9. The zero-order chi connectivity index (χ0) is 17.6. The van der Waals surface area contributed by atoms with E-state index < -0.39 is 5.91 Å². The Bertz CT molecular complexity index is 902. The zero-order valence-corrected chi connectivity index (χ0v) is 15.3. The van der Waals surface area contributed by atoms with Crippen molar-refractivity contribution in [3.05, 3.63) is 81.0 Å². The molecule has 0 unspecified atom stereocenters. The lowest BCUT2D eigenvalue weighted by atomic mass is 10.2. The minimum atomic E-state index is -0.445. The van der Waals surface area contributed by atoms with Crippen LogP contribution in [0.15, 0.2) is 74.8 Å². The quantitative estimate of drug-likeness (QED) is 0.600. The summed E-state index contributed by atoms with van der Waals surface area (Å²) in [6, 6.07) is 14.1. The van der Waals surface area contributed by atoms with Gasteiger partial charge in [-0.2, -0.15) is 0 Å². The summed E-state index contributed by atoms with van der Waals surface area (Å²) in [5.74, 6) is -0.331. The summed E-state index contributed by atoms with van der Waals surface area (Å²) in [7, 11) is 0. The molecule has 0 bridgehead atoms. The van der Waals surface area contributed by atoms with Gasteiger partial charge in [0, 0.05) is 16.2 Å². The molecule has 1 aromatic carbocycles. The van der Waals surface area contributed by atoms with E-state index in [1.54, 1.807) is 47.8 Å². The number of hydrogen-bond acceptors (Lipinski definition) is 4. The molecule has 3 rings (SSSR count). The highest BCUT2D eigenvalue weighted by Gasteiger charge is 2.16. The fraction of sp³-hybridized carbons (Fsp3) is 0. The first kappa shape index (κ1) is 17.2. The van der Waals surface area contributed by atoms with Gasteiger partial charge in [0.25, 0.3) is 11.8 Å². The normalized spacial score (nSPS) is 11.2. The molecule has 25 heavy (non-hydrogen) atoms. The molecule has 2 N–H and O–H groups in total. The Labute approximate surface area is 156 Å². The number of thiophene rings is 1. The van der Waals surface area contributed by atoms with E-state index in [0.29, 0.717) is 16.3 Å². The maximum Gasteiger partial charge on any atom is 0.272 e. The van der Waals surface area contributed by atoms with Crippen molar-refractivity contribution in [2.75, 3.05) is 5.32 Å². The van der Waals surface area contributed by atoms with Gasteiger partial charge in [-0.3, -0.25) is 9.59 Å². The second-order valence-electron chi connectivity index (χ2n) is 4.97.